The number of aryl methyl sites for hydroxylation is 1. The molecular weight excluding hydrogens is 162 g/mol. The standard InChI is InChI=1S/C10H15N3/c1-7(2)6-12-10-5-4-9(11)8(3)13-10/h4-5H,1,6,11H2,2-3H3,(H,12,13). The highest BCUT2D eigenvalue weighted by Crippen LogP contribution is 2.11. The first-order chi connectivity index (χ1) is 6.09. The van der Waals surface area contributed by atoms with Crippen molar-refractivity contribution in [2.75, 3.05) is 17.6 Å². The maximum Gasteiger partial charge on any atom is 0.126 e. The molecule has 0 fully saturated rings. The summed E-state index contributed by atoms with van der Waals surface area (Å²) in [5.74, 6) is 0.842. The summed E-state index contributed by atoms with van der Waals surface area (Å²) in [7, 11) is 0. The van der Waals surface area contributed by atoms with Gasteiger partial charge in [-0.05, 0) is 26.0 Å². The molecule has 1 aromatic heterocycles. The number of hydrogen-bond donors (Lipinski definition) is 2. The van der Waals surface area contributed by atoms with E-state index in [1.54, 1.807) is 0 Å². The van der Waals surface area contributed by atoms with Crippen LogP contribution in [0.25, 0.3) is 0 Å². The van der Waals surface area contributed by atoms with Crippen LogP contribution < -0.4 is 11.1 Å². The van der Waals surface area contributed by atoms with E-state index >= 15 is 0 Å². The Morgan fingerprint density at radius 2 is 2.31 bits per heavy atom. The molecule has 0 aliphatic heterocycles. The van der Waals surface area contributed by atoms with Crippen molar-refractivity contribution in [1.82, 2.24) is 4.98 Å². The van der Waals surface area contributed by atoms with Crippen LogP contribution in [0.4, 0.5) is 11.5 Å². The number of nitrogens with one attached hydrogen (secondary N) is 1. The van der Waals surface area contributed by atoms with Crippen LogP contribution in [0.2, 0.25) is 0 Å². The quantitative estimate of drug-likeness (QED) is 0.694. The highest BCUT2D eigenvalue weighted by molar-refractivity contribution is 5.49. The van der Waals surface area contributed by atoms with Crippen molar-refractivity contribution in [2.24, 2.45) is 0 Å². The summed E-state index contributed by atoms with van der Waals surface area (Å²) in [6.07, 6.45) is 0. The van der Waals surface area contributed by atoms with Gasteiger partial charge in [0.15, 0.2) is 0 Å². The molecule has 13 heavy (non-hydrogen) atoms. The second-order valence-electron chi connectivity index (χ2n) is 3.18. The number of nitrogen functional groups attached to an aromatic ring is 1. The summed E-state index contributed by atoms with van der Waals surface area (Å²) >= 11 is 0. The van der Waals surface area contributed by atoms with Crippen LogP contribution in [0.15, 0.2) is 24.3 Å². The van der Waals surface area contributed by atoms with E-state index in [1.165, 1.54) is 0 Å². The topological polar surface area (TPSA) is 50.9 Å². The van der Waals surface area contributed by atoms with E-state index in [-0.39, 0.29) is 0 Å². The van der Waals surface area contributed by atoms with Gasteiger partial charge < -0.3 is 11.1 Å². The number of rotatable bonds is 3. The molecule has 0 saturated heterocycles. The zero-order valence-corrected chi connectivity index (χ0v) is 8.09. The van der Waals surface area contributed by atoms with Gasteiger partial charge in [0, 0.05) is 6.54 Å². The molecule has 3 nitrogen and oxygen atoms in total. The molecule has 0 bridgehead atoms. The molecule has 0 atom stereocenters. The average molecular weight is 177 g/mol. The molecule has 3 heteroatoms. The third-order valence-electron chi connectivity index (χ3n) is 1.70. The Balaban J connectivity index is 2.68. The Bertz CT molecular complexity index is 318. The molecule has 0 unspecified atom stereocenters. The van der Waals surface area contributed by atoms with Gasteiger partial charge in [-0.2, -0.15) is 0 Å². The second-order valence-corrected chi connectivity index (χ2v) is 3.18. The lowest BCUT2D eigenvalue weighted by Gasteiger charge is -2.06. The van der Waals surface area contributed by atoms with E-state index in [0.29, 0.717) is 0 Å². The molecule has 0 spiro atoms. The lowest BCUT2D eigenvalue weighted by Crippen LogP contribution is -2.05. The van der Waals surface area contributed by atoms with Crippen LogP contribution in [0, 0.1) is 6.92 Å². The Morgan fingerprint density at radius 1 is 1.62 bits per heavy atom. The number of anilines is 2. The van der Waals surface area contributed by atoms with Gasteiger partial charge in [0.1, 0.15) is 5.82 Å². The molecule has 1 aromatic rings. The minimum absolute atomic E-state index is 0.723. The molecule has 0 aliphatic carbocycles. The molecule has 1 heterocycles. The Kier molecular flexibility index (Phi) is 2.90. The lowest BCUT2D eigenvalue weighted by atomic mass is 10.3. The second kappa shape index (κ2) is 3.94. The summed E-state index contributed by atoms with van der Waals surface area (Å²) in [5, 5.41) is 3.15. The van der Waals surface area contributed by atoms with Crippen LogP contribution in [-0.4, -0.2) is 11.5 Å². The van der Waals surface area contributed by atoms with Crippen molar-refractivity contribution >= 4 is 11.5 Å². The van der Waals surface area contributed by atoms with E-state index in [9.17, 15) is 0 Å². The minimum Gasteiger partial charge on any atom is -0.397 e. The zero-order valence-electron chi connectivity index (χ0n) is 8.09. The lowest BCUT2D eigenvalue weighted by molar-refractivity contribution is 1.13. The summed E-state index contributed by atoms with van der Waals surface area (Å²) in [5.41, 5.74) is 8.29. The van der Waals surface area contributed by atoms with Crippen molar-refractivity contribution in [2.45, 2.75) is 13.8 Å². The molecular formula is C10H15N3. The first kappa shape index (κ1) is 9.58. The van der Waals surface area contributed by atoms with E-state index < -0.39 is 0 Å². The third kappa shape index (κ3) is 2.78. The van der Waals surface area contributed by atoms with E-state index in [0.717, 1.165) is 29.3 Å². The Hall–Kier alpha value is -1.51. The number of pyridine rings is 1. The average Bonchev–Trinajstić information content (AvgIpc) is 2.07. The largest absolute Gasteiger partial charge is 0.397 e. The van der Waals surface area contributed by atoms with Gasteiger partial charge in [0.05, 0.1) is 11.4 Å². The van der Waals surface area contributed by atoms with Gasteiger partial charge in [0.25, 0.3) is 0 Å². The molecule has 0 saturated carbocycles. The molecule has 3 N–H and O–H groups in total. The SMILES string of the molecule is C=C(C)CNc1ccc(N)c(C)n1. The molecule has 1 rings (SSSR count). The first-order valence-electron chi connectivity index (χ1n) is 4.21. The number of aromatic nitrogens is 1. The van der Waals surface area contributed by atoms with E-state index in [4.69, 9.17) is 5.73 Å². The summed E-state index contributed by atoms with van der Waals surface area (Å²) in [4.78, 5) is 4.27. The normalized spacial score (nSPS) is 9.69. The van der Waals surface area contributed by atoms with Crippen LogP contribution in [-0.2, 0) is 0 Å². The molecule has 70 valence electrons. The highest BCUT2D eigenvalue weighted by atomic mass is 15.0. The minimum atomic E-state index is 0.723. The predicted molar refractivity (Wildman–Crippen MR) is 56.7 cm³/mol. The van der Waals surface area contributed by atoms with Crippen molar-refractivity contribution in [3.63, 3.8) is 0 Å². The van der Waals surface area contributed by atoms with E-state index in [1.807, 2.05) is 26.0 Å². The van der Waals surface area contributed by atoms with Crippen LogP contribution in [0.5, 0.6) is 0 Å². The number of nitrogens with two attached hydrogens (primary N) is 1. The van der Waals surface area contributed by atoms with E-state index in [2.05, 4.69) is 16.9 Å². The van der Waals surface area contributed by atoms with Crippen molar-refractivity contribution in [1.29, 1.82) is 0 Å². The molecule has 0 aromatic carbocycles. The maximum atomic E-state index is 5.64. The Labute approximate surface area is 78.7 Å². The fourth-order valence-electron chi connectivity index (χ4n) is 0.912. The third-order valence-corrected chi connectivity index (χ3v) is 1.70. The monoisotopic (exact) mass is 177 g/mol. The summed E-state index contributed by atoms with van der Waals surface area (Å²) < 4.78 is 0. The van der Waals surface area contributed by atoms with Crippen LogP contribution >= 0.6 is 0 Å². The van der Waals surface area contributed by atoms with Gasteiger partial charge in [-0.15, -0.1) is 0 Å². The fraction of sp³-hybridized carbons (Fsp3) is 0.300. The number of nitrogens with zero attached hydrogens (tertiary/aromatic N) is 1. The zero-order chi connectivity index (χ0) is 9.84. The van der Waals surface area contributed by atoms with Crippen molar-refractivity contribution < 1.29 is 0 Å². The molecule has 0 amide bonds. The highest BCUT2D eigenvalue weighted by Gasteiger charge is 1.96. The van der Waals surface area contributed by atoms with Gasteiger partial charge in [-0.25, -0.2) is 4.98 Å². The van der Waals surface area contributed by atoms with Crippen molar-refractivity contribution in [3.8, 4) is 0 Å². The molecule has 0 aliphatic rings. The van der Waals surface area contributed by atoms with Gasteiger partial charge in [-0.3, -0.25) is 0 Å². The summed E-state index contributed by atoms with van der Waals surface area (Å²) in [6, 6.07) is 3.72. The summed E-state index contributed by atoms with van der Waals surface area (Å²) in [6.45, 7) is 8.40. The maximum absolute atomic E-state index is 5.64. The van der Waals surface area contributed by atoms with Gasteiger partial charge >= 0.3 is 0 Å². The first-order valence-corrected chi connectivity index (χ1v) is 4.21. The van der Waals surface area contributed by atoms with Crippen LogP contribution in [0.1, 0.15) is 12.6 Å². The van der Waals surface area contributed by atoms with Crippen LogP contribution in [0.3, 0.4) is 0 Å². The van der Waals surface area contributed by atoms with Gasteiger partial charge in [-0.1, -0.05) is 12.2 Å². The Morgan fingerprint density at radius 3 is 2.85 bits per heavy atom. The fourth-order valence-corrected chi connectivity index (χ4v) is 0.912. The van der Waals surface area contributed by atoms with Gasteiger partial charge in [0.2, 0.25) is 0 Å². The smallest absolute Gasteiger partial charge is 0.126 e. The van der Waals surface area contributed by atoms with Crippen molar-refractivity contribution in [3.05, 3.63) is 30.0 Å². The number of hydrogen-bond acceptors (Lipinski definition) is 3. The molecule has 0 radical (unpaired) electrons. The predicted octanol–water partition coefficient (Wildman–Crippen LogP) is 1.96.